The first kappa shape index (κ1) is 14.4. The summed E-state index contributed by atoms with van der Waals surface area (Å²) in [6, 6.07) is 9.76. The molecule has 21 heavy (non-hydrogen) atoms. The van der Waals surface area contributed by atoms with Crippen LogP contribution >= 0.6 is 0 Å². The summed E-state index contributed by atoms with van der Waals surface area (Å²) in [5.74, 6) is -1.77. The number of carbonyl (C=O) groups is 2. The molecule has 2 rings (SSSR count). The van der Waals surface area contributed by atoms with Crippen molar-refractivity contribution in [2.45, 2.75) is 6.04 Å². The number of phenols is 2. The van der Waals surface area contributed by atoms with Crippen molar-refractivity contribution in [2.75, 3.05) is 0 Å². The number of carboxylic acid groups (broad SMARTS) is 1. The van der Waals surface area contributed by atoms with Crippen molar-refractivity contribution in [2.24, 2.45) is 0 Å². The Kier molecular flexibility index (Phi) is 4.08. The lowest BCUT2D eigenvalue weighted by Crippen LogP contribution is -2.33. The molecule has 108 valence electrons. The fourth-order valence-electron chi connectivity index (χ4n) is 1.78. The van der Waals surface area contributed by atoms with Crippen LogP contribution in [0.25, 0.3) is 0 Å². The molecule has 1 amide bonds. The summed E-state index contributed by atoms with van der Waals surface area (Å²) in [5, 5.41) is 30.0. The first-order valence-electron chi connectivity index (χ1n) is 6.09. The Hall–Kier alpha value is -3.02. The van der Waals surface area contributed by atoms with Crippen molar-refractivity contribution in [1.82, 2.24) is 5.32 Å². The average Bonchev–Trinajstić information content (AvgIpc) is 2.46. The Bertz CT molecular complexity index is 649. The molecule has 6 nitrogen and oxygen atoms in total. The van der Waals surface area contributed by atoms with Gasteiger partial charge in [0, 0.05) is 5.56 Å². The van der Waals surface area contributed by atoms with Crippen molar-refractivity contribution in [3.63, 3.8) is 0 Å². The van der Waals surface area contributed by atoms with Crippen LogP contribution in [0.1, 0.15) is 22.0 Å². The number of carbonyl (C=O) groups excluding carboxylic acids is 1. The highest BCUT2D eigenvalue weighted by atomic mass is 16.4. The van der Waals surface area contributed by atoms with Crippen molar-refractivity contribution < 1.29 is 24.9 Å². The van der Waals surface area contributed by atoms with Gasteiger partial charge >= 0.3 is 5.97 Å². The largest absolute Gasteiger partial charge is 0.508 e. The summed E-state index contributed by atoms with van der Waals surface area (Å²) in [7, 11) is 0. The van der Waals surface area contributed by atoms with Crippen LogP contribution in [-0.4, -0.2) is 27.2 Å². The van der Waals surface area contributed by atoms with Crippen LogP contribution in [-0.2, 0) is 4.79 Å². The summed E-state index contributed by atoms with van der Waals surface area (Å²) in [5.41, 5.74) is 0.574. The normalized spacial score (nSPS) is 11.6. The lowest BCUT2D eigenvalue weighted by molar-refractivity contribution is -0.139. The molecular weight excluding hydrogens is 274 g/mol. The van der Waals surface area contributed by atoms with E-state index in [0.717, 1.165) is 0 Å². The van der Waals surface area contributed by atoms with E-state index < -0.39 is 17.9 Å². The van der Waals surface area contributed by atoms with Crippen LogP contribution in [0.5, 0.6) is 11.5 Å². The van der Waals surface area contributed by atoms with E-state index in [4.69, 9.17) is 5.11 Å². The predicted octanol–water partition coefficient (Wildman–Crippen LogP) is 1.65. The summed E-state index contributed by atoms with van der Waals surface area (Å²) >= 11 is 0. The molecule has 1 atom stereocenters. The fourth-order valence-corrected chi connectivity index (χ4v) is 1.78. The second-order valence-electron chi connectivity index (χ2n) is 4.38. The van der Waals surface area contributed by atoms with Crippen molar-refractivity contribution in [3.05, 3.63) is 59.7 Å². The van der Waals surface area contributed by atoms with E-state index in [-0.39, 0.29) is 17.1 Å². The summed E-state index contributed by atoms with van der Waals surface area (Å²) < 4.78 is 0. The number of hydrogen-bond acceptors (Lipinski definition) is 4. The molecule has 0 aliphatic heterocycles. The molecule has 0 radical (unpaired) electrons. The number of aliphatic carboxylic acids is 1. The van der Waals surface area contributed by atoms with Gasteiger partial charge in [-0.2, -0.15) is 0 Å². The van der Waals surface area contributed by atoms with Gasteiger partial charge in [0.2, 0.25) is 0 Å². The molecule has 0 saturated carbocycles. The molecule has 0 saturated heterocycles. The Balaban J connectivity index is 2.20. The van der Waals surface area contributed by atoms with Gasteiger partial charge < -0.3 is 20.6 Å². The van der Waals surface area contributed by atoms with Crippen LogP contribution in [0.2, 0.25) is 0 Å². The van der Waals surface area contributed by atoms with Gasteiger partial charge in [0.1, 0.15) is 11.5 Å². The van der Waals surface area contributed by atoms with Crippen molar-refractivity contribution in [1.29, 1.82) is 0 Å². The van der Waals surface area contributed by atoms with Crippen LogP contribution in [0.4, 0.5) is 0 Å². The molecule has 6 heteroatoms. The van der Waals surface area contributed by atoms with Gasteiger partial charge in [0.15, 0.2) is 6.04 Å². The van der Waals surface area contributed by atoms with Crippen LogP contribution in [0.15, 0.2) is 48.5 Å². The molecule has 0 bridgehead atoms. The first-order chi connectivity index (χ1) is 9.97. The average molecular weight is 287 g/mol. The fraction of sp³-hybridized carbons (Fsp3) is 0.0667. The number of phenolic OH excluding ortho intramolecular Hbond substituents is 2. The number of nitrogens with one attached hydrogen (secondary N) is 1. The van der Waals surface area contributed by atoms with Crippen LogP contribution < -0.4 is 5.32 Å². The van der Waals surface area contributed by atoms with Gasteiger partial charge in [0.05, 0.1) is 0 Å². The maximum absolute atomic E-state index is 12.0. The molecular formula is C15H13NO5. The standard InChI is InChI=1S/C15H13NO5/c17-11-5-1-9(2-6-11)13(15(20)21)16-14(19)10-3-7-12(18)8-4-10/h1-8,13,17-18H,(H,16,19)(H,20,21)/t13-/m0/s1. The smallest absolute Gasteiger partial charge is 0.330 e. The molecule has 0 spiro atoms. The highest BCUT2D eigenvalue weighted by Crippen LogP contribution is 2.18. The van der Waals surface area contributed by atoms with Gasteiger partial charge in [-0.15, -0.1) is 0 Å². The van der Waals surface area contributed by atoms with E-state index >= 15 is 0 Å². The summed E-state index contributed by atoms with van der Waals surface area (Å²) in [6.45, 7) is 0. The zero-order valence-electron chi connectivity index (χ0n) is 10.9. The topological polar surface area (TPSA) is 107 Å². The van der Waals surface area contributed by atoms with Crippen molar-refractivity contribution >= 4 is 11.9 Å². The zero-order chi connectivity index (χ0) is 15.4. The van der Waals surface area contributed by atoms with E-state index in [0.29, 0.717) is 5.56 Å². The maximum Gasteiger partial charge on any atom is 0.330 e. The van der Waals surface area contributed by atoms with Gasteiger partial charge in [-0.25, -0.2) is 4.79 Å². The minimum absolute atomic E-state index is 0.00718. The third kappa shape index (κ3) is 3.50. The molecule has 4 N–H and O–H groups in total. The Morgan fingerprint density at radius 2 is 1.33 bits per heavy atom. The first-order valence-corrected chi connectivity index (χ1v) is 6.09. The number of benzene rings is 2. The van der Waals surface area contributed by atoms with Crippen molar-refractivity contribution in [3.8, 4) is 11.5 Å². The quantitative estimate of drug-likeness (QED) is 0.684. The molecule has 0 heterocycles. The third-order valence-corrected chi connectivity index (χ3v) is 2.88. The van der Waals surface area contributed by atoms with E-state index in [1.807, 2.05) is 0 Å². The van der Waals surface area contributed by atoms with E-state index in [2.05, 4.69) is 5.32 Å². The lowest BCUT2D eigenvalue weighted by atomic mass is 10.1. The molecule has 0 aromatic heterocycles. The molecule has 0 aliphatic rings. The van der Waals surface area contributed by atoms with Gasteiger partial charge in [-0.3, -0.25) is 4.79 Å². The van der Waals surface area contributed by atoms with E-state index in [1.165, 1.54) is 48.5 Å². The molecule has 2 aromatic carbocycles. The molecule has 0 fully saturated rings. The Morgan fingerprint density at radius 3 is 1.81 bits per heavy atom. The highest BCUT2D eigenvalue weighted by Gasteiger charge is 2.22. The summed E-state index contributed by atoms with van der Waals surface area (Å²) in [6.07, 6.45) is 0. The number of aromatic hydroxyl groups is 2. The van der Waals surface area contributed by atoms with Crippen LogP contribution in [0.3, 0.4) is 0 Å². The molecule has 0 aliphatic carbocycles. The second kappa shape index (κ2) is 5.96. The number of rotatable bonds is 4. The van der Waals surface area contributed by atoms with Gasteiger partial charge in [-0.05, 0) is 42.0 Å². The van der Waals surface area contributed by atoms with Gasteiger partial charge in [0.25, 0.3) is 5.91 Å². The highest BCUT2D eigenvalue weighted by molar-refractivity contribution is 5.96. The monoisotopic (exact) mass is 287 g/mol. The number of amides is 1. The number of carboxylic acids is 1. The molecule has 0 unspecified atom stereocenters. The van der Waals surface area contributed by atoms with E-state index in [1.54, 1.807) is 0 Å². The molecule has 2 aromatic rings. The predicted molar refractivity (Wildman–Crippen MR) is 74.1 cm³/mol. The third-order valence-electron chi connectivity index (χ3n) is 2.88. The van der Waals surface area contributed by atoms with E-state index in [9.17, 15) is 19.8 Å². The Labute approximate surface area is 120 Å². The number of hydrogen-bond donors (Lipinski definition) is 4. The Morgan fingerprint density at radius 1 is 0.857 bits per heavy atom. The minimum Gasteiger partial charge on any atom is -0.508 e. The zero-order valence-corrected chi connectivity index (χ0v) is 10.9. The lowest BCUT2D eigenvalue weighted by Gasteiger charge is -2.15. The second-order valence-corrected chi connectivity index (χ2v) is 4.38. The minimum atomic E-state index is -1.23. The van der Waals surface area contributed by atoms with Gasteiger partial charge in [-0.1, -0.05) is 12.1 Å². The van der Waals surface area contributed by atoms with Crippen LogP contribution in [0, 0.1) is 0 Å². The maximum atomic E-state index is 12.0. The SMILES string of the molecule is O=C(N[C@H](C(=O)O)c1ccc(O)cc1)c1ccc(O)cc1. The summed E-state index contributed by atoms with van der Waals surface area (Å²) in [4.78, 5) is 23.3.